The molecule has 0 N–H and O–H groups in total. The van der Waals surface area contributed by atoms with E-state index in [2.05, 4.69) is 37.9 Å². The van der Waals surface area contributed by atoms with Crippen molar-refractivity contribution in [3.8, 4) is 0 Å². The molecule has 0 radical (unpaired) electrons. The molecule has 2 saturated heterocycles. The van der Waals surface area contributed by atoms with Crippen LogP contribution in [0.5, 0.6) is 0 Å². The molecule has 3 rings (SSSR count). The van der Waals surface area contributed by atoms with E-state index >= 15 is 0 Å². The van der Waals surface area contributed by atoms with Gasteiger partial charge in [0.15, 0.2) is 6.29 Å². The summed E-state index contributed by atoms with van der Waals surface area (Å²) in [6, 6.07) is 4.26. The largest absolute Gasteiger partial charge is 0.371 e. The standard InChI is InChI=1S/C23H37BrN2O2/c24-22-19-21(11-14-25-22)26-15-12-20(13-16-26)9-5-3-1-2-4-7-17-27-23-10-6-8-18-28-23/h11,14,19-20,23H,1-10,12-13,15-18H2. The lowest BCUT2D eigenvalue weighted by Gasteiger charge is -2.33. The van der Waals surface area contributed by atoms with Gasteiger partial charge < -0.3 is 14.4 Å². The molecule has 0 aromatic carbocycles. The molecule has 2 aliphatic rings. The van der Waals surface area contributed by atoms with E-state index in [0.29, 0.717) is 0 Å². The summed E-state index contributed by atoms with van der Waals surface area (Å²) in [4.78, 5) is 6.73. The highest BCUT2D eigenvalue weighted by atomic mass is 79.9. The number of piperidine rings is 1. The quantitative estimate of drug-likeness (QED) is 0.290. The third-order valence-corrected chi connectivity index (χ3v) is 6.57. The molecule has 2 fully saturated rings. The van der Waals surface area contributed by atoms with Crippen molar-refractivity contribution in [2.45, 2.75) is 83.3 Å². The summed E-state index contributed by atoms with van der Waals surface area (Å²) in [6.07, 6.45) is 17.6. The van der Waals surface area contributed by atoms with E-state index in [0.717, 1.165) is 30.2 Å². The first-order valence-corrected chi connectivity index (χ1v) is 12.2. The van der Waals surface area contributed by atoms with Crippen molar-refractivity contribution < 1.29 is 9.47 Å². The van der Waals surface area contributed by atoms with Gasteiger partial charge in [0, 0.05) is 38.2 Å². The lowest BCUT2D eigenvalue weighted by Crippen LogP contribution is -2.33. The molecule has 0 amide bonds. The predicted molar refractivity (Wildman–Crippen MR) is 119 cm³/mol. The van der Waals surface area contributed by atoms with Crippen molar-refractivity contribution in [3.63, 3.8) is 0 Å². The van der Waals surface area contributed by atoms with E-state index in [9.17, 15) is 0 Å². The summed E-state index contributed by atoms with van der Waals surface area (Å²) in [7, 11) is 0. The fraction of sp³-hybridized carbons (Fsp3) is 0.783. The van der Waals surface area contributed by atoms with Gasteiger partial charge in [-0.05, 0) is 72.5 Å². The van der Waals surface area contributed by atoms with Crippen LogP contribution in [0.3, 0.4) is 0 Å². The van der Waals surface area contributed by atoms with Crippen molar-refractivity contribution in [2.24, 2.45) is 5.92 Å². The van der Waals surface area contributed by atoms with Gasteiger partial charge in [0.2, 0.25) is 0 Å². The average Bonchev–Trinajstić information content (AvgIpc) is 2.74. The Morgan fingerprint density at radius 3 is 2.57 bits per heavy atom. The van der Waals surface area contributed by atoms with Crippen LogP contribution >= 0.6 is 15.9 Å². The Morgan fingerprint density at radius 2 is 1.82 bits per heavy atom. The minimum Gasteiger partial charge on any atom is -0.371 e. The van der Waals surface area contributed by atoms with Crippen LogP contribution in [0.4, 0.5) is 5.69 Å². The van der Waals surface area contributed by atoms with Gasteiger partial charge in [-0.25, -0.2) is 4.98 Å². The van der Waals surface area contributed by atoms with E-state index in [-0.39, 0.29) is 6.29 Å². The molecule has 3 heterocycles. The van der Waals surface area contributed by atoms with Crippen LogP contribution < -0.4 is 4.90 Å². The van der Waals surface area contributed by atoms with Gasteiger partial charge >= 0.3 is 0 Å². The zero-order valence-electron chi connectivity index (χ0n) is 17.3. The molecule has 1 atom stereocenters. The molecule has 0 spiro atoms. The molecule has 158 valence electrons. The zero-order valence-corrected chi connectivity index (χ0v) is 18.9. The molecular weight excluding hydrogens is 416 g/mol. The summed E-state index contributed by atoms with van der Waals surface area (Å²) >= 11 is 3.48. The molecule has 0 aliphatic carbocycles. The summed E-state index contributed by atoms with van der Waals surface area (Å²) < 4.78 is 12.3. The van der Waals surface area contributed by atoms with E-state index in [1.807, 2.05) is 6.20 Å². The van der Waals surface area contributed by atoms with E-state index in [1.165, 1.54) is 89.4 Å². The fourth-order valence-electron chi connectivity index (χ4n) is 4.37. The Balaban J connectivity index is 1.14. The number of hydrogen-bond donors (Lipinski definition) is 0. The fourth-order valence-corrected chi connectivity index (χ4v) is 4.72. The van der Waals surface area contributed by atoms with E-state index in [4.69, 9.17) is 9.47 Å². The topological polar surface area (TPSA) is 34.6 Å². The number of halogens is 1. The second-order valence-corrected chi connectivity index (χ2v) is 9.16. The van der Waals surface area contributed by atoms with Crippen molar-refractivity contribution in [3.05, 3.63) is 22.9 Å². The maximum Gasteiger partial charge on any atom is 0.157 e. The Morgan fingerprint density at radius 1 is 1.04 bits per heavy atom. The number of ether oxygens (including phenoxy) is 2. The summed E-state index contributed by atoms with van der Waals surface area (Å²) in [5.74, 6) is 0.922. The van der Waals surface area contributed by atoms with E-state index in [1.54, 1.807) is 0 Å². The smallest absolute Gasteiger partial charge is 0.157 e. The minimum atomic E-state index is 0.0836. The summed E-state index contributed by atoms with van der Waals surface area (Å²) in [5, 5.41) is 0. The first kappa shape index (κ1) is 22.0. The lowest BCUT2D eigenvalue weighted by molar-refractivity contribution is -0.162. The Hall–Kier alpha value is -0.650. The van der Waals surface area contributed by atoms with Crippen molar-refractivity contribution >= 4 is 21.6 Å². The molecule has 2 aliphatic heterocycles. The highest BCUT2D eigenvalue weighted by Gasteiger charge is 2.19. The van der Waals surface area contributed by atoms with Gasteiger partial charge in [0.1, 0.15) is 4.60 Å². The third kappa shape index (κ3) is 8.00. The highest BCUT2D eigenvalue weighted by Crippen LogP contribution is 2.27. The van der Waals surface area contributed by atoms with E-state index < -0.39 is 0 Å². The monoisotopic (exact) mass is 452 g/mol. The van der Waals surface area contributed by atoms with Crippen LogP contribution in [0, 0.1) is 5.92 Å². The van der Waals surface area contributed by atoms with Gasteiger partial charge in [-0.1, -0.05) is 38.5 Å². The molecular formula is C23H37BrN2O2. The molecule has 1 aromatic heterocycles. The Bertz CT molecular complexity index is 543. The molecule has 1 unspecified atom stereocenters. The number of unbranched alkanes of at least 4 members (excludes halogenated alkanes) is 5. The minimum absolute atomic E-state index is 0.0836. The van der Waals surface area contributed by atoms with Gasteiger partial charge in [-0.2, -0.15) is 0 Å². The predicted octanol–water partition coefficient (Wildman–Crippen LogP) is 6.33. The first-order chi connectivity index (χ1) is 13.8. The number of pyridine rings is 1. The molecule has 0 saturated carbocycles. The molecule has 4 nitrogen and oxygen atoms in total. The van der Waals surface area contributed by atoms with Crippen molar-refractivity contribution in [2.75, 3.05) is 31.2 Å². The molecule has 5 heteroatoms. The van der Waals surface area contributed by atoms with Crippen molar-refractivity contribution in [1.82, 2.24) is 4.98 Å². The SMILES string of the molecule is Brc1cc(N2CCC(CCCCCCCCOC3CCCCO3)CC2)ccn1. The van der Waals surface area contributed by atoms with Crippen LogP contribution in [0.2, 0.25) is 0 Å². The van der Waals surface area contributed by atoms with Crippen LogP contribution in [-0.2, 0) is 9.47 Å². The van der Waals surface area contributed by atoms with Gasteiger partial charge in [-0.3, -0.25) is 0 Å². The highest BCUT2D eigenvalue weighted by molar-refractivity contribution is 9.10. The maximum atomic E-state index is 5.80. The maximum absolute atomic E-state index is 5.80. The van der Waals surface area contributed by atoms with Crippen LogP contribution in [0.15, 0.2) is 22.9 Å². The normalized spacial score (nSPS) is 21.2. The molecule has 1 aromatic rings. The second-order valence-electron chi connectivity index (χ2n) is 8.34. The van der Waals surface area contributed by atoms with Gasteiger partial charge in [0.05, 0.1) is 0 Å². The first-order valence-electron chi connectivity index (χ1n) is 11.4. The number of rotatable bonds is 11. The van der Waals surface area contributed by atoms with Crippen LogP contribution in [0.25, 0.3) is 0 Å². The van der Waals surface area contributed by atoms with Crippen molar-refractivity contribution in [1.29, 1.82) is 0 Å². The van der Waals surface area contributed by atoms with Crippen LogP contribution in [0.1, 0.15) is 77.0 Å². The number of hydrogen-bond acceptors (Lipinski definition) is 4. The Kier molecular flexibility index (Phi) is 10.1. The summed E-state index contributed by atoms with van der Waals surface area (Å²) in [5.41, 5.74) is 1.30. The number of nitrogens with zero attached hydrogens (tertiary/aromatic N) is 2. The lowest BCUT2D eigenvalue weighted by atomic mass is 9.91. The van der Waals surface area contributed by atoms with Gasteiger partial charge in [-0.15, -0.1) is 0 Å². The molecule has 0 bridgehead atoms. The molecule has 28 heavy (non-hydrogen) atoms. The van der Waals surface area contributed by atoms with Crippen LogP contribution in [-0.4, -0.2) is 37.6 Å². The number of aromatic nitrogens is 1. The summed E-state index contributed by atoms with van der Waals surface area (Å²) in [6.45, 7) is 4.13. The third-order valence-electron chi connectivity index (χ3n) is 6.14. The zero-order chi connectivity index (χ0) is 19.4. The average molecular weight is 453 g/mol. The second kappa shape index (κ2) is 12.8. The van der Waals surface area contributed by atoms with Gasteiger partial charge in [0.25, 0.3) is 0 Å². The number of anilines is 1. The Labute approximate surface area is 179 Å².